The van der Waals surface area contributed by atoms with Crippen LogP contribution in [0.25, 0.3) is 0 Å². The molecule has 0 aromatic carbocycles. The molecule has 1 aliphatic rings. The fourth-order valence-electron chi connectivity index (χ4n) is 3.23. The van der Waals surface area contributed by atoms with Crippen LogP contribution in [-0.4, -0.2) is 25.0 Å². The Morgan fingerprint density at radius 3 is 2.85 bits per heavy atom. The minimum Gasteiger partial charge on any atom is -0.463 e. The van der Waals surface area contributed by atoms with Crippen LogP contribution in [-0.2, 0) is 13.1 Å². The molecule has 1 aromatic heterocycles. The Morgan fingerprint density at radius 1 is 1.35 bits per heavy atom. The third-order valence-electron chi connectivity index (χ3n) is 4.60. The van der Waals surface area contributed by atoms with Gasteiger partial charge in [0, 0.05) is 0 Å². The zero-order valence-corrected chi connectivity index (χ0v) is 13.5. The number of nitrogens with zero attached hydrogens (tertiary/aromatic N) is 1. The first-order valence-corrected chi connectivity index (χ1v) is 8.05. The second kappa shape index (κ2) is 7.28. The first kappa shape index (κ1) is 15.6. The lowest BCUT2D eigenvalue weighted by molar-refractivity contribution is 0.242. The molecule has 2 rings (SSSR count). The van der Waals surface area contributed by atoms with Gasteiger partial charge in [0.25, 0.3) is 0 Å². The second-order valence-electron chi connectivity index (χ2n) is 6.56. The van der Waals surface area contributed by atoms with E-state index < -0.39 is 0 Å². The highest BCUT2D eigenvalue weighted by Gasteiger charge is 2.20. The van der Waals surface area contributed by atoms with Gasteiger partial charge in [-0.15, -0.1) is 0 Å². The van der Waals surface area contributed by atoms with Crippen molar-refractivity contribution in [2.45, 2.75) is 53.1 Å². The van der Waals surface area contributed by atoms with Crippen molar-refractivity contribution in [3.63, 3.8) is 0 Å². The van der Waals surface area contributed by atoms with Gasteiger partial charge in [-0.1, -0.05) is 13.8 Å². The average Bonchev–Trinajstić information content (AvgIpc) is 2.62. The van der Waals surface area contributed by atoms with Crippen molar-refractivity contribution in [3.05, 3.63) is 23.2 Å². The van der Waals surface area contributed by atoms with Crippen LogP contribution in [0.5, 0.6) is 0 Å². The number of hydrogen-bond acceptors (Lipinski definition) is 3. The topological polar surface area (TPSA) is 28.4 Å². The Morgan fingerprint density at radius 2 is 2.15 bits per heavy atom. The van der Waals surface area contributed by atoms with Crippen molar-refractivity contribution in [1.29, 1.82) is 0 Å². The summed E-state index contributed by atoms with van der Waals surface area (Å²) in [6.07, 6.45) is 4.04. The van der Waals surface area contributed by atoms with Crippen molar-refractivity contribution >= 4 is 0 Å². The predicted molar refractivity (Wildman–Crippen MR) is 83.7 cm³/mol. The molecular weight excluding hydrogens is 248 g/mol. The van der Waals surface area contributed by atoms with Crippen molar-refractivity contribution in [1.82, 2.24) is 10.2 Å². The molecule has 1 atom stereocenters. The fourth-order valence-corrected chi connectivity index (χ4v) is 3.23. The van der Waals surface area contributed by atoms with Gasteiger partial charge in [-0.2, -0.15) is 0 Å². The summed E-state index contributed by atoms with van der Waals surface area (Å²) < 4.78 is 5.97. The summed E-state index contributed by atoms with van der Waals surface area (Å²) in [5.74, 6) is 3.93. The van der Waals surface area contributed by atoms with Gasteiger partial charge in [-0.05, 0) is 69.8 Å². The van der Waals surface area contributed by atoms with Crippen LogP contribution in [0.3, 0.4) is 0 Å². The third kappa shape index (κ3) is 4.10. The lowest BCUT2D eigenvalue weighted by Gasteiger charge is -2.20. The van der Waals surface area contributed by atoms with Crippen LogP contribution >= 0.6 is 0 Å². The van der Waals surface area contributed by atoms with Gasteiger partial charge in [0.05, 0.1) is 13.1 Å². The molecule has 1 unspecified atom stereocenters. The van der Waals surface area contributed by atoms with E-state index in [1.165, 1.54) is 37.9 Å². The van der Waals surface area contributed by atoms with E-state index in [1.54, 1.807) is 0 Å². The molecule has 0 radical (unpaired) electrons. The van der Waals surface area contributed by atoms with Crippen molar-refractivity contribution in [2.75, 3.05) is 20.1 Å². The monoisotopic (exact) mass is 278 g/mol. The number of hydrogen-bond donors (Lipinski definition) is 1. The van der Waals surface area contributed by atoms with Gasteiger partial charge in [0.2, 0.25) is 0 Å². The molecule has 1 fully saturated rings. The highest BCUT2D eigenvalue weighted by atomic mass is 16.3. The van der Waals surface area contributed by atoms with E-state index in [-0.39, 0.29) is 0 Å². The quantitative estimate of drug-likeness (QED) is 0.892. The molecule has 0 aliphatic carbocycles. The molecule has 0 spiro atoms. The Hall–Kier alpha value is -0.800. The van der Waals surface area contributed by atoms with E-state index in [2.05, 4.69) is 37.1 Å². The number of rotatable bonds is 5. The van der Waals surface area contributed by atoms with E-state index in [4.69, 9.17) is 4.42 Å². The van der Waals surface area contributed by atoms with E-state index in [1.807, 2.05) is 7.05 Å². The molecular formula is C17H30N2O. The largest absolute Gasteiger partial charge is 0.463 e. The Bertz CT molecular complexity index is 411. The zero-order valence-electron chi connectivity index (χ0n) is 13.5. The standard InChI is InChI=1S/C17H30N2O/c1-13(2)15-6-5-8-19(9-7-15)12-16-10-14(3)17(20-16)11-18-4/h10,13,15,18H,5-9,11-12H2,1-4H3. The molecule has 1 aliphatic heterocycles. The van der Waals surface area contributed by atoms with Crippen LogP contribution in [0.2, 0.25) is 0 Å². The molecule has 114 valence electrons. The molecule has 3 heteroatoms. The molecule has 20 heavy (non-hydrogen) atoms. The van der Waals surface area contributed by atoms with E-state index >= 15 is 0 Å². The van der Waals surface area contributed by atoms with Crippen LogP contribution < -0.4 is 5.32 Å². The second-order valence-corrected chi connectivity index (χ2v) is 6.56. The summed E-state index contributed by atoms with van der Waals surface area (Å²) in [5.41, 5.74) is 1.27. The molecule has 1 N–H and O–H groups in total. The fraction of sp³-hybridized carbons (Fsp3) is 0.765. The Labute approximate surface area is 123 Å². The number of furan rings is 1. The maximum Gasteiger partial charge on any atom is 0.120 e. The van der Waals surface area contributed by atoms with Crippen molar-refractivity contribution < 1.29 is 4.42 Å². The van der Waals surface area contributed by atoms with Gasteiger partial charge in [0.1, 0.15) is 11.5 Å². The van der Waals surface area contributed by atoms with Gasteiger partial charge in [-0.25, -0.2) is 0 Å². The third-order valence-corrected chi connectivity index (χ3v) is 4.60. The first-order chi connectivity index (χ1) is 9.60. The minimum absolute atomic E-state index is 0.821. The van der Waals surface area contributed by atoms with Crippen LogP contribution in [0.15, 0.2) is 10.5 Å². The van der Waals surface area contributed by atoms with Gasteiger partial charge < -0.3 is 9.73 Å². The normalized spacial score (nSPS) is 21.4. The van der Waals surface area contributed by atoms with Gasteiger partial charge in [0.15, 0.2) is 0 Å². The van der Waals surface area contributed by atoms with Gasteiger partial charge in [-0.3, -0.25) is 4.90 Å². The highest BCUT2D eigenvalue weighted by Crippen LogP contribution is 2.25. The van der Waals surface area contributed by atoms with Crippen LogP contribution in [0, 0.1) is 18.8 Å². The maximum absolute atomic E-state index is 5.97. The SMILES string of the molecule is CNCc1oc(CN2CCCC(C(C)C)CC2)cc1C. The van der Waals surface area contributed by atoms with Crippen molar-refractivity contribution in [3.8, 4) is 0 Å². The Kier molecular flexibility index (Phi) is 5.67. The maximum atomic E-state index is 5.97. The summed E-state index contributed by atoms with van der Waals surface area (Å²) in [5, 5.41) is 3.16. The van der Waals surface area contributed by atoms with Gasteiger partial charge >= 0.3 is 0 Å². The lowest BCUT2D eigenvalue weighted by atomic mass is 9.89. The molecule has 1 saturated heterocycles. The number of nitrogens with one attached hydrogen (secondary N) is 1. The van der Waals surface area contributed by atoms with E-state index in [9.17, 15) is 0 Å². The van der Waals surface area contributed by atoms with Crippen molar-refractivity contribution in [2.24, 2.45) is 11.8 Å². The van der Waals surface area contributed by atoms with E-state index in [0.29, 0.717) is 0 Å². The molecule has 0 amide bonds. The van der Waals surface area contributed by atoms with Crippen LogP contribution in [0.1, 0.15) is 50.2 Å². The first-order valence-electron chi connectivity index (χ1n) is 8.05. The van der Waals surface area contributed by atoms with Crippen LogP contribution in [0.4, 0.5) is 0 Å². The number of likely N-dealkylation sites (tertiary alicyclic amines) is 1. The molecule has 2 heterocycles. The summed E-state index contributed by atoms with van der Waals surface area (Å²) in [7, 11) is 1.96. The summed E-state index contributed by atoms with van der Waals surface area (Å²) in [6.45, 7) is 11.1. The summed E-state index contributed by atoms with van der Waals surface area (Å²) >= 11 is 0. The average molecular weight is 278 g/mol. The Balaban J connectivity index is 1.91. The molecule has 3 nitrogen and oxygen atoms in total. The molecule has 0 saturated carbocycles. The number of aryl methyl sites for hydroxylation is 1. The molecule has 1 aromatic rings. The zero-order chi connectivity index (χ0) is 14.5. The van der Waals surface area contributed by atoms with E-state index in [0.717, 1.165) is 36.4 Å². The smallest absolute Gasteiger partial charge is 0.120 e. The summed E-state index contributed by atoms with van der Waals surface area (Å²) in [6, 6.07) is 2.21. The minimum atomic E-state index is 0.821. The predicted octanol–water partition coefficient (Wildman–Crippen LogP) is 3.57. The summed E-state index contributed by atoms with van der Waals surface area (Å²) in [4.78, 5) is 2.56. The lowest BCUT2D eigenvalue weighted by Crippen LogP contribution is -2.24. The highest BCUT2D eigenvalue weighted by molar-refractivity contribution is 5.20. The molecule has 0 bridgehead atoms.